The van der Waals surface area contributed by atoms with Gasteiger partial charge in [-0.1, -0.05) is 19.8 Å². The van der Waals surface area contributed by atoms with Crippen LogP contribution in [-0.4, -0.2) is 24.8 Å². The Morgan fingerprint density at radius 2 is 2.13 bits per heavy atom. The lowest BCUT2D eigenvalue weighted by Crippen LogP contribution is -2.44. The van der Waals surface area contributed by atoms with Crippen molar-refractivity contribution in [2.75, 3.05) is 6.61 Å². The van der Waals surface area contributed by atoms with Crippen molar-refractivity contribution >= 4 is 0 Å². The average molecular weight is 211 g/mol. The Labute approximate surface area is 93.8 Å². The molecule has 0 amide bonds. The summed E-state index contributed by atoms with van der Waals surface area (Å²) in [4.78, 5) is 0. The average Bonchev–Trinajstić information content (AvgIpc) is 2.65. The third-order valence-electron chi connectivity index (χ3n) is 4.12. The molecule has 2 fully saturated rings. The third-order valence-corrected chi connectivity index (χ3v) is 4.12. The van der Waals surface area contributed by atoms with Crippen LogP contribution in [0, 0.1) is 5.92 Å². The van der Waals surface area contributed by atoms with E-state index in [0.717, 1.165) is 18.6 Å². The molecule has 4 unspecified atom stereocenters. The highest BCUT2D eigenvalue weighted by molar-refractivity contribution is 4.86. The van der Waals surface area contributed by atoms with Gasteiger partial charge in [-0.3, -0.25) is 0 Å². The van der Waals surface area contributed by atoms with Gasteiger partial charge in [-0.15, -0.1) is 0 Å². The van der Waals surface area contributed by atoms with Crippen LogP contribution in [0.3, 0.4) is 0 Å². The van der Waals surface area contributed by atoms with E-state index >= 15 is 0 Å². The zero-order valence-corrected chi connectivity index (χ0v) is 10.2. The molecule has 2 rings (SSSR count). The molecule has 0 aromatic heterocycles. The summed E-state index contributed by atoms with van der Waals surface area (Å²) in [7, 11) is 0. The molecular formula is C13H25NO. The maximum atomic E-state index is 5.59. The van der Waals surface area contributed by atoms with Crippen LogP contribution in [0.5, 0.6) is 0 Å². The van der Waals surface area contributed by atoms with E-state index in [2.05, 4.69) is 19.2 Å². The first-order valence-electron chi connectivity index (χ1n) is 6.67. The van der Waals surface area contributed by atoms with E-state index in [1.165, 1.54) is 38.5 Å². The number of hydrogen-bond acceptors (Lipinski definition) is 2. The summed E-state index contributed by atoms with van der Waals surface area (Å²) >= 11 is 0. The minimum absolute atomic E-state index is 0.456. The van der Waals surface area contributed by atoms with E-state index in [4.69, 9.17) is 4.74 Å². The molecule has 1 heterocycles. The standard InChI is InChI=1S/C13H25NO/c1-3-11-5-4-6-13(11)14-12-7-8-15-10(2)9-12/h10-14H,3-9H2,1-2H3. The first-order chi connectivity index (χ1) is 7.29. The second-order valence-electron chi connectivity index (χ2n) is 5.28. The highest BCUT2D eigenvalue weighted by Crippen LogP contribution is 2.29. The van der Waals surface area contributed by atoms with Crippen molar-refractivity contribution in [2.24, 2.45) is 5.92 Å². The lowest BCUT2D eigenvalue weighted by Gasteiger charge is -2.32. The molecule has 1 saturated heterocycles. The first kappa shape index (κ1) is 11.4. The summed E-state index contributed by atoms with van der Waals surface area (Å²) in [5.74, 6) is 0.933. The molecule has 0 aromatic rings. The van der Waals surface area contributed by atoms with Crippen LogP contribution in [0.25, 0.3) is 0 Å². The van der Waals surface area contributed by atoms with Gasteiger partial charge in [0, 0.05) is 18.7 Å². The first-order valence-corrected chi connectivity index (χ1v) is 6.67. The molecule has 0 aromatic carbocycles. The second kappa shape index (κ2) is 5.31. The molecule has 1 N–H and O–H groups in total. The Morgan fingerprint density at radius 1 is 1.27 bits per heavy atom. The number of ether oxygens (including phenoxy) is 1. The Bertz CT molecular complexity index is 195. The normalized spacial score (nSPS) is 42.0. The van der Waals surface area contributed by atoms with Crippen LogP contribution in [0.2, 0.25) is 0 Å². The predicted molar refractivity (Wildman–Crippen MR) is 63.0 cm³/mol. The molecule has 0 radical (unpaired) electrons. The lowest BCUT2D eigenvalue weighted by molar-refractivity contribution is 0.0103. The monoisotopic (exact) mass is 211 g/mol. The zero-order chi connectivity index (χ0) is 10.7. The van der Waals surface area contributed by atoms with Crippen molar-refractivity contribution < 1.29 is 4.74 Å². The van der Waals surface area contributed by atoms with Crippen LogP contribution in [0.4, 0.5) is 0 Å². The molecule has 1 aliphatic heterocycles. The molecule has 0 bridgehead atoms. The quantitative estimate of drug-likeness (QED) is 0.775. The highest BCUT2D eigenvalue weighted by atomic mass is 16.5. The second-order valence-corrected chi connectivity index (χ2v) is 5.28. The van der Waals surface area contributed by atoms with Crippen molar-refractivity contribution in [1.29, 1.82) is 0 Å². The van der Waals surface area contributed by atoms with Gasteiger partial charge in [-0.2, -0.15) is 0 Å². The van der Waals surface area contributed by atoms with Gasteiger partial charge >= 0.3 is 0 Å². The van der Waals surface area contributed by atoms with Crippen molar-refractivity contribution in [2.45, 2.75) is 70.6 Å². The lowest BCUT2D eigenvalue weighted by atomic mass is 9.97. The van der Waals surface area contributed by atoms with Gasteiger partial charge in [0.25, 0.3) is 0 Å². The smallest absolute Gasteiger partial charge is 0.0561 e. The van der Waals surface area contributed by atoms with Crippen molar-refractivity contribution in [3.05, 3.63) is 0 Å². The van der Waals surface area contributed by atoms with Crippen LogP contribution in [-0.2, 0) is 4.74 Å². The molecule has 1 saturated carbocycles. The maximum absolute atomic E-state index is 5.59. The Morgan fingerprint density at radius 3 is 2.87 bits per heavy atom. The van der Waals surface area contributed by atoms with Gasteiger partial charge in [-0.25, -0.2) is 0 Å². The fourth-order valence-electron chi connectivity index (χ4n) is 3.20. The number of nitrogens with one attached hydrogen (secondary N) is 1. The summed E-state index contributed by atoms with van der Waals surface area (Å²) in [6, 6.07) is 1.51. The Balaban J connectivity index is 1.80. The largest absolute Gasteiger partial charge is 0.378 e. The number of rotatable bonds is 3. The van der Waals surface area contributed by atoms with E-state index in [1.54, 1.807) is 0 Å². The molecule has 2 nitrogen and oxygen atoms in total. The van der Waals surface area contributed by atoms with Crippen LogP contribution in [0.1, 0.15) is 52.4 Å². The van der Waals surface area contributed by atoms with Gasteiger partial charge in [0.1, 0.15) is 0 Å². The summed E-state index contributed by atoms with van der Waals surface area (Å²) < 4.78 is 5.59. The van der Waals surface area contributed by atoms with Gasteiger partial charge in [-0.05, 0) is 38.5 Å². The van der Waals surface area contributed by atoms with E-state index < -0.39 is 0 Å². The maximum Gasteiger partial charge on any atom is 0.0561 e. The summed E-state index contributed by atoms with van der Waals surface area (Å²) in [5, 5.41) is 3.87. The Kier molecular flexibility index (Phi) is 4.04. The van der Waals surface area contributed by atoms with Gasteiger partial charge < -0.3 is 10.1 Å². The van der Waals surface area contributed by atoms with Gasteiger partial charge in [0.2, 0.25) is 0 Å². The predicted octanol–water partition coefficient (Wildman–Crippen LogP) is 2.72. The summed E-state index contributed by atoms with van der Waals surface area (Å²) in [6.07, 6.45) is 8.46. The van der Waals surface area contributed by atoms with E-state index in [-0.39, 0.29) is 0 Å². The van der Waals surface area contributed by atoms with E-state index in [9.17, 15) is 0 Å². The molecule has 88 valence electrons. The molecule has 4 atom stereocenters. The van der Waals surface area contributed by atoms with Crippen LogP contribution < -0.4 is 5.32 Å². The van der Waals surface area contributed by atoms with Gasteiger partial charge in [0.05, 0.1) is 6.10 Å². The molecule has 15 heavy (non-hydrogen) atoms. The minimum atomic E-state index is 0.456. The van der Waals surface area contributed by atoms with Crippen LogP contribution in [0.15, 0.2) is 0 Å². The van der Waals surface area contributed by atoms with Crippen LogP contribution >= 0.6 is 0 Å². The molecule has 2 aliphatic rings. The topological polar surface area (TPSA) is 21.3 Å². The van der Waals surface area contributed by atoms with Crippen molar-refractivity contribution in [1.82, 2.24) is 5.32 Å². The molecular weight excluding hydrogens is 186 g/mol. The van der Waals surface area contributed by atoms with E-state index in [0.29, 0.717) is 12.1 Å². The molecule has 0 spiro atoms. The third kappa shape index (κ3) is 2.94. The highest BCUT2D eigenvalue weighted by Gasteiger charge is 2.29. The summed E-state index contributed by atoms with van der Waals surface area (Å²) in [5.41, 5.74) is 0. The zero-order valence-electron chi connectivity index (χ0n) is 10.2. The fourth-order valence-corrected chi connectivity index (χ4v) is 3.20. The van der Waals surface area contributed by atoms with Crippen molar-refractivity contribution in [3.8, 4) is 0 Å². The number of hydrogen-bond donors (Lipinski definition) is 1. The summed E-state index contributed by atoms with van der Waals surface area (Å²) in [6.45, 7) is 5.47. The Hall–Kier alpha value is -0.0800. The van der Waals surface area contributed by atoms with E-state index in [1.807, 2.05) is 0 Å². The van der Waals surface area contributed by atoms with Gasteiger partial charge in [0.15, 0.2) is 0 Å². The SMILES string of the molecule is CCC1CCCC1NC1CCOC(C)C1. The molecule has 2 heteroatoms. The minimum Gasteiger partial charge on any atom is -0.378 e. The van der Waals surface area contributed by atoms with Crippen molar-refractivity contribution in [3.63, 3.8) is 0 Å². The fraction of sp³-hybridized carbons (Fsp3) is 1.00. The molecule has 1 aliphatic carbocycles.